The molecule has 0 amide bonds. The lowest BCUT2D eigenvalue weighted by atomic mass is 9.98. The fraction of sp³-hybridized carbons (Fsp3) is 0.316. The van der Waals surface area contributed by atoms with Crippen LogP contribution in [0.25, 0.3) is 11.1 Å². The molecule has 0 N–H and O–H groups in total. The van der Waals surface area contributed by atoms with Crippen molar-refractivity contribution in [3.8, 4) is 11.1 Å². The monoisotopic (exact) mass is 385 g/mol. The Morgan fingerprint density at radius 3 is 2.50 bits per heavy atom. The molecule has 0 aliphatic carbocycles. The Labute approximate surface area is 154 Å². The van der Waals surface area contributed by atoms with E-state index in [1.165, 1.54) is 30.1 Å². The third-order valence-corrected chi connectivity index (χ3v) is 4.85. The van der Waals surface area contributed by atoms with Gasteiger partial charge in [-0.05, 0) is 66.9 Å². The first-order chi connectivity index (χ1) is 12.2. The molecule has 0 unspecified atom stereocenters. The molecule has 0 fully saturated rings. The third kappa shape index (κ3) is 5.32. The van der Waals surface area contributed by atoms with Crippen LogP contribution in [0.2, 0.25) is 0 Å². The Hall–Kier alpha value is -1.86. The van der Waals surface area contributed by atoms with Crippen molar-refractivity contribution in [3.05, 3.63) is 53.3 Å². The normalized spacial score (nSPS) is 11.8. The minimum absolute atomic E-state index is 0.0977. The van der Waals surface area contributed by atoms with Gasteiger partial charge in [-0.2, -0.15) is 13.2 Å². The van der Waals surface area contributed by atoms with Crippen LogP contribution in [0.1, 0.15) is 24.5 Å². The molecular formula is C19H19F4NOS. The van der Waals surface area contributed by atoms with Crippen molar-refractivity contribution in [2.24, 2.45) is 0 Å². The van der Waals surface area contributed by atoms with Gasteiger partial charge in [0.05, 0.1) is 5.56 Å². The molecule has 0 saturated heterocycles. The molecule has 0 spiro atoms. The van der Waals surface area contributed by atoms with E-state index in [9.17, 15) is 22.4 Å². The first-order valence-electron chi connectivity index (χ1n) is 8.08. The highest BCUT2D eigenvalue weighted by molar-refractivity contribution is 7.97. The van der Waals surface area contributed by atoms with E-state index >= 15 is 0 Å². The molecule has 2 aromatic rings. The van der Waals surface area contributed by atoms with Crippen molar-refractivity contribution < 1.29 is 22.4 Å². The van der Waals surface area contributed by atoms with Crippen LogP contribution in [-0.4, -0.2) is 24.2 Å². The van der Waals surface area contributed by atoms with Crippen molar-refractivity contribution in [1.29, 1.82) is 0 Å². The van der Waals surface area contributed by atoms with E-state index in [4.69, 9.17) is 0 Å². The zero-order valence-corrected chi connectivity index (χ0v) is 15.3. The molecule has 0 aliphatic rings. The molecule has 0 saturated carbocycles. The Balaban J connectivity index is 2.53. The number of nitrogens with zero attached hydrogens (tertiary/aromatic N) is 1. The lowest BCUT2D eigenvalue weighted by molar-refractivity contribution is -0.137. The standard InChI is InChI=1S/C19H19F4NOS/c1-3-24(2)26-16-11-14(10-15(12-16)19(21,22)23)17-9-13(5-4-8-25)6-7-18(17)20/h6-12H,3-5H2,1-2H3. The van der Waals surface area contributed by atoms with Crippen molar-refractivity contribution in [1.82, 2.24) is 4.31 Å². The van der Waals surface area contributed by atoms with Gasteiger partial charge in [-0.25, -0.2) is 8.70 Å². The minimum atomic E-state index is -4.53. The van der Waals surface area contributed by atoms with Gasteiger partial charge in [-0.15, -0.1) is 0 Å². The molecule has 0 aliphatic heterocycles. The van der Waals surface area contributed by atoms with Gasteiger partial charge in [0.1, 0.15) is 12.1 Å². The number of halogens is 4. The maximum absolute atomic E-state index is 14.3. The average molecular weight is 385 g/mol. The predicted octanol–water partition coefficient (Wildman–Crippen LogP) is 5.60. The van der Waals surface area contributed by atoms with Crippen LogP contribution in [-0.2, 0) is 17.4 Å². The summed E-state index contributed by atoms with van der Waals surface area (Å²) in [6.07, 6.45) is -3.09. The topological polar surface area (TPSA) is 20.3 Å². The number of hydrogen-bond donors (Lipinski definition) is 0. The predicted molar refractivity (Wildman–Crippen MR) is 95.4 cm³/mol. The molecule has 0 aromatic heterocycles. The van der Waals surface area contributed by atoms with Crippen LogP contribution < -0.4 is 0 Å². The summed E-state index contributed by atoms with van der Waals surface area (Å²) >= 11 is 1.17. The van der Waals surface area contributed by atoms with Crippen LogP contribution in [0.3, 0.4) is 0 Å². The Kier molecular flexibility index (Phi) is 6.83. The van der Waals surface area contributed by atoms with Crippen LogP contribution in [0, 0.1) is 5.82 Å². The zero-order chi connectivity index (χ0) is 19.3. The molecule has 2 nitrogen and oxygen atoms in total. The first kappa shape index (κ1) is 20.5. The fourth-order valence-corrected chi connectivity index (χ4v) is 3.24. The second-order valence-corrected chi connectivity index (χ2v) is 7.08. The van der Waals surface area contributed by atoms with Gasteiger partial charge in [0.2, 0.25) is 0 Å². The van der Waals surface area contributed by atoms with Crippen LogP contribution >= 0.6 is 11.9 Å². The number of carbonyl (C=O) groups excluding carboxylic acids is 1. The summed E-state index contributed by atoms with van der Waals surface area (Å²) in [5, 5.41) is 0. The van der Waals surface area contributed by atoms with Crippen molar-refractivity contribution in [3.63, 3.8) is 0 Å². The Morgan fingerprint density at radius 1 is 1.15 bits per heavy atom. The molecule has 2 aromatic carbocycles. The highest BCUT2D eigenvalue weighted by Crippen LogP contribution is 2.37. The van der Waals surface area contributed by atoms with Crippen LogP contribution in [0.5, 0.6) is 0 Å². The molecule has 7 heteroatoms. The smallest absolute Gasteiger partial charge is 0.303 e. The number of aryl methyl sites for hydroxylation is 1. The van der Waals surface area contributed by atoms with E-state index in [2.05, 4.69) is 0 Å². The number of aldehydes is 1. The van der Waals surface area contributed by atoms with Gasteiger partial charge in [-0.3, -0.25) is 0 Å². The summed E-state index contributed by atoms with van der Waals surface area (Å²) in [6, 6.07) is 7.84. The summed E-state index contributed by atoms with van der Waals surface area (Å²) in [7, 11) is 1.77. The van der Waals surface area contributed by atoms with Gasteiger partial charge in [0.15, 0.2) is 0 Å². The first-order valence-corrected chi connectivity index (χ1v) is 8.85. The summed E-state index contributed by atoms with van der Waals surface area (Å²) in [5.74, 6) is -0.598. The van der Waals surface area contributed by atoms with Gasteiger partial charge in [0.25, 0.3) is 0 Å². The highest BCUT2D eigenvalue weighted by atomic mass is 32.2. The van der Waals surface area contributed by atoms with E-state index in [-0.39, 0.29) is 17.5 Å². The summed E-state index contributed by atoms with van der Waals surface area (Å²) in [6.45, 7) is 2.53. The quantitative estimate of drug-likeness (QED) is 0.351. The van der Waals surface area contributed by atoms with Crippen LogP contribution in [0.4, 0.5) is 17.6 Å². The van der Waals surface area contributed by atoms with E-state index in [0.29, 0.717) is 23.4 Å². The second kappa shape index (κ2) is 8.68. The van der Waals surface area contributed by atoms with Gasteiger partial charge >= 0.3 is 6.18 Å². The molecule has 26 heavy (non-hydrogen) atoms. The van der Waals surface area contributed by atoms with Crippen molar-refractivity contribution in [2.45, 2.75) is 30.8 Å². The number of carbonyl (C=O) groups is 1. The molecule has 0 atom stereocenters. The fourth-order valence-electron chi connectivity index (χ4n) is 2.39. The maximum Gasteiger partial charge on any atom is 0.416 e. The lowest BCUT2D eigenvalue weighted by Crippen LogP contribution is -2.09. The average Bonchev–Trinajstić information content (AvgIpc) is 2.59. The van der Waals surface area contributed by atoms with Crippen molar-refractivity contribution in [2.75, 3.05) is 13.6 Å². The largest absolute Gasteiger partial charge is 0.416 e. The number of alkyl halides is 3. The molecule has 0 heterocycles. The maximum atomic E-state index is 14.3. The highest BCUT2D eigenvalue weighted by Gasteiger charge is 2.31. The van der Waals surface area contributed by atoms with Gasteiger partial charge in [0, 0.05) is 23.4 Å². The summed E-state index contributed by atoms with van der Waals surface area (Å²) in [4.78, 5) is 10.9. The number of hydrogen-bond acceptors (Lipinski definition) is 3. The van der Waals surface area contributed by atoms with Crippen molar-refractivity contribution >= 4 is 18.2 Å². The second-order valence-electron chi connectivity index (χ2n) is 5.80. The van der Waals surface area contributed by atoms with E-state index in [1.54, 1.807) is 17.4 Å². The number of benzene rings is 2. The van der Waals surface area contributed by atoms with E-state index in [1.807, 2.05) is 6.92 Å². The number of rotatable bonds is 7. The van der Waals surface area contributed by atoms with Gasteiger partial charge in [-0.1, -0.05) is 13.0 Å². The minimum Gasteiger partial charge on any atom is -0.303 e. The summed E-state index contributed by atoms with van der Waals surface area (Å²) < 4.78 is 55.9. The molecule has 2 rings (SSSR count). The lowest BCUT2D eigenvalue weighted by Gasteiger charge is -2.17. The molecule has 0 bridgehead atoms. The van der Waals surface area contributed by atoms with Gasteiger partial charge < -0.3 is 4.79 Å². The van der Waals surface area contributed by atoms with E-state index in [0.717, 1.165) is 18.4 Å². The molecule has 140 valence electrons. The molecule has 0 radical (unpaired) electrons. The zero-order valence-electron chi connectivity index (χ0n) is 14.4. The third-order valence-electron chi connectivity index (χ3n) is 3.83. The Morgan fingerprint density at radius 2 is 1.88 bits per heavy atom. The Bertz CT molecular complexity index is 777. The van der Waals surface area contributed by atoms with Crippen LogP contribution in [0.15, 0.2) is 41.3 Å². The molecular weight excluding hydrogens is 366 g/mol. The SMILES string of the molecule is CCN(C)Sc1cc(-c2cc(CCC=O)ccc2F)cc(C(F)(F)F)c1. The van der Waals surface area contributed by atoms with E-state index < -0.39 is 17.6 Å². The summed E-state index contributed by atoms with van der Waals surface area (Å²) in [5.41, 5.74) is 0.142.